The zero-order valence-corrected chi connectivity index (χ0v) is 17.2. The second-order valence-electron chi connectivity index (χ2n) is 7.77. The highest BCUT2D eigenvalue weighted by molar-refractivity contribution is 5.80. The van der Waals surface area contributed by atoms with Crippen molar-refractivity contribution in [2.45, 2.75) is 52.5 Å². The van der Waals surface area contributed by atoms with Crippen LogP contribution in [0.25, 0.3) is 5.82 Å². The zero-order valence-electron chi connectivity index (χ0n) is 17.2. The fourth-order valence-electron chi connectivity index (χ4n) is 3.31. The van der Waals surface area contributed by atoms with E-state index < -0.39 is 0 Å². The average molecular weight is 374 g/mol. The Kier molecular flexibility index (Phi) is 7.07. The van der Waals surface area contributed by atoms with Crippen molar-refractivity contribution in [2.24, 2.45) is 5.92 Å². The second kappa shape index (κ2) is 9.08. The van der Waals surface area contributed by atoms with E-state index in [1.807, 2.05) is 45.0 Å². The van der Waals surface area contributed by atoms with Crippen LogP contribution in [0.1, 0.15) is 58.1 Å². The number of ketones is 1. The summed E-state index contributed by atoms with van der Waals surface area (Å²) in [5.74, 6) is 1.14. The van der Waals surface area contributed by atoms with Crippen molar-refractivity contribution in [1.82, 2.24) is 24.2 Å². The SMILES string of the molecule is CC[C@@H]([C@H](C)CC(=O)CN(C)C)n1ncn(-c2ccc(C(C)C)cn2)c1=O. The monoisotopic (exact) mass is 373 g/mol. The van der Waals surface area contributed by atoms with E-state index in [-0.39, 0.29) is 23.4 Å². The third-order valence-corrected chi connectivity index (χ3v) is 4.81. The van der Waals surface area contributed by atoms with Crippen LogP contribution in [-0.4, -0.2) is 50.7 Å². The number of likely N-dealkylation sites (N-methyl/N-ethyl adjacent to an activating group) is 1. The van der Waals surface area contributed by atoms with Gasteiger partial charge in [-0.25, -0.2) is 19.0 Å². The summed E-state index contributed by atoms with van der Waals surface area (Å²) < 4.78 is 2.95. The van der Waals surface area contributed by atoms with Gasteiger partial charge in [0.05, 0.1) is 12.6 Å². The van der Waals surface area contributed by atoms with Gasteiger partial charge in [0.25, 0.3) is 0 Å². The van der Waals surface area contributed by atoms with Crippen LogP contribution >= 0.6 is 0 Å². The van der Waals surface area contributed by atoms with Gasteiger partial charge in [-0.15, -0.1) is 0 Å². The highest BCUT2D eigenvalue weighted by atomic mass is 16.2. The third-order valence-electron chi connectivity index (χ3n) is 4.81. The van der Waals surface area contributed by atoms with E-state index in [2.05, 4.69) is 23.9 Å². The van der Waals surface area contributed by atoms with Crippen LogP contribution in [0.4, 0.5) is 0 Å². The molecule has 0 saturated heterocycles. The maximum atomic E-state index is 12.9. The van der Waals surface area contributed by atoms with Crippen molar-refractivity contribution in [3.8, 4) is 5.82 Å². The smallest absolute Gasteiger partial charge is 0.302 e. The molecule has 0 fully saturated rings. The van der Waals surface area contributed by atoms with Crippen molar-refractivity contribution < 1.29 is 4.79 Å². The summed E-state index contributed by atoms with van der Waals surface area (Å²) in [6.45, 7) is 8.63. The first-order valence-electron chi connectivity index (χ1n) is 9.53. The molecule has 27 heavy (non-hydrogen) atoms. The third kappa shape index (κ3) is 5.13. The molecule has 2 heterocycles. The van der Waals surface area contributed by atoms with Gasteiger partial charge >= 0.3 is 5.69 Å². The van der Waals surface area contributed by atoms with Crippen LogP contribution in [0.15, 0.2) is 29.5 Å². The van der Waals surface area contributed by atoms with Gasteiger partial charge in [0.2, 0.25) is 0 Å². The Morgan fingerprint density at radius 3 is 2.44 bits per heavy atom. The van der Waals surface area contributed by atoms with Crippen LogP contribution in [0.3, 0.4) is 0 Å². The fraction of sp³-hybridized carbons (Fsp3) is 0.600. The van der Waals surface area contributed by atoms with E-state index in [1.54, 1.807) is 6.20 Å². The normalized spacial score (nSPS) is 13.9. The average Bonchev–Trinajstić information content (AvgIpc) is 2.96. The van der Waals surface area contributed by atoms with Crippen LogP contribution in [0.2, 0.25) is 0 Å². The standard InChI is InChI=1S/C20H31N5O2/c1-7-18(15(4)10-17(26)12-23(5)6)25-20(27)24(13-22-25)19-9-8-16(11-21-19)14(2)3/h8-9,11,13-15,18H,7,10,12H2,1-6H3/t15-,18+/m1/s1. The first-order chi connectivity index (χ1) is 12.7. The van der Waals surface area contributed by atoms with Crippen LogP contribution in [0, 0.1) is 5.92 Å². The highest BCUT2D eigenvalue weighted by Crippen LogP contribution is 2.23. The summed E-state index contributed by atoms with van der Waals surface area (Å²) in [7, 11) is 3.76. The lowest BCUT2D eigenvalue weighted by molar-refractivity contribution is -0.120. The molecule has 7 heteroatoms. The van der Waals surface area contributed by atoms with Crippen LogP contribution < -0.4 is 5.69 Å². The lowest BCUT2D eigenvalue weighted by Crippen LogP contribution is -2.32. The molecule has 0 radical (unpaired) electrons. The number of nitrogens with zero attached hydrogens (tertiary/aromatic N) is 5. The molecule has 0 aliphatic rings. The van der Waals surface area contributed by atoms with Crippen molar-refractivity contribution in [1.29, 1.82) is 0 Å². The van der Waals surface area contributed by atoms with Gasteiger partial charge in [-0.05, 0) is 44.0 Å². The lowest BCUT2D eigenvalue weighted by atomic mass is 9.94. The molecule has 0 aromatic carbocycles. The molecular formula is C20H31N5O2. The molecule has 0 aliphatic carbocycles. The van der Waals surface area contributed by atoms with Gasteiger partial charge in [-0.2, -0.15) is 5.10 Å². The number of hydrogen-bond acceptors (Lipinski definition) is 5. The first-order valence-corrected chi connectivity index (χ1v) is 9.53. The molecule has 0 saturated carbocycles. The minimum Gasteiger partial charge on any atom is -0.302 e. The number of rotatable bonds is 9. The summed E-state index contributed by atoms with van der Waals surface area (Å²) in [6.07, 6.45) is 4.46. The predicted octanol–water partition coefficient (Wildman–Crippen LogP) is 2.66. The molecule has 148 valence electrons. The lowest BCUT2D eigenvalue weighted by Gasteiger charge is -2.22. The van der Waals surface area contributed by atoms with Crippen molar-refractivity contribution in [2.75, 3.05) is 20.6 Å². The van der Waals surface area contributed by atoms with Crippen molar-refractivity contribution in [3.05, 3.63) is 40.7 Å². The maximum Gasteiger partial charge on any atom is 0.351 e. The Bertz CT molecular complexity index is 805. The van der Waals surface area contributed by atoms with Crippen LogP contribution in [0.5, 0.6) is 0 Å². The van der Waals surface area contributed by atoms with Gasteiger partial charge in [0, 0.05) is 12.6 Å². The second-order valence-corrected chi connectivity index (χ2v) is 7.77. The Morgan fingerprint density at radius 2 is 1.93 bits per heavy atom. The topological polar surface area (TPSA) is 73.0 Å². The Balaban J connectivity index is 2.23. The van der Waals surface area contributed by atoms with E-state index >= 15 is 0 Å². The fourth-order valence-corrected chi connectivity index (χ4v) is 3.31. The number of Topliss-reactive ketones (excluding diaryl/α,β-unsaturated/α-hetero) is 1. The zero-order chi connectivity index (χ0) is 20.1. The Labute approximate surface area is 161 Å². The first kappa shape index (κ1) is 21.0. The van der Waals surface area contributed by atoms with E-state index in [0.717, 1.165) is 12.0 Å². The molecule has 7 nitrogen and oxygen atoms in total. The summed E-state index contributed by atoms with van der Waals surface area (Å²) in [5, 5.41) is 4.32. The molecule has 0 aliphatic heterocycles. The molecule has 2 atom stereocenters. The number of carbonyl (C=O) groups is 1. The number of pyridine rings is 1. The summed E-state index contributed by atoms with van der Waals surface area (Å²) in [6, 6.07) is 3.70. The maximum absolute atomic E-state index is 12.9. The molecule has 0 amide bonds. The summed E-state index contributed by atoms with van der Waals surface area (Å²) in [5.41, 5.74) is 0.900. The molecule has 2 aromatic rings. The molecule has 0 unspecified atom stereocenters. The Hall–Kier alpha value is -2.28. The van der Waals surface area contributed by atoms with E-state index in [4.69, 9.17) is 0 Å². The highest BCUT2D eigenvalue weighted by Gasteiger charge is 2.24. The molecule has 0 bridgehead atoms. The summed E-state index contributed by atoms with van der Waals surface area (Å²) >= 11 is 0. The minimum absolute atomic E-state index is 0.0276. The van der Waals surface area contributed by atoms with Gasteiger partial charge < -0.3 is 4.90 Å². The molecule has 0 N–H and O–H groups in total. The van der Waals surface area contributed by atoms with E-state index in [0.29, 0.717) is 24.7 Å². The van der Waals surface area contributed by atoms with Gasteiger partial charge in [-0.3, -0.25) is 4.79 Å². The predicted molar refractivity (Wildman–Crippen MR) is 106 cm³/mol. The van der Waals surface area contributed by atoms with E-state index in [9.17, 15) is 9.59 Å². The van der Waals surface area contributed by atoms with Gasteiger partial charge in [0.1, 0.15) is 17.9 Å². The minimum atomic E-state index is -0.224. The van der Waals surface area contributed by atoms with E-state index in [1.165, 1.54) is 15.6 Å². The summed E-state index contributed by atoms with van der Waals surface area (Å²) in [4.78, 5) is 31.3. The van der Waals surface area contributed by atoms with Crippen LogP contribution in [-0.2, 0) is 4.79 Å². The molecular weight excluding hydrogens is 342 g/mol. The Morgan fingerprint density at radius 1 is 1.22 bits per heavy atom. The number of carbonyl (C=O) groups excluding carboxylic acids is 1. The molecule has 0 spiro atoms. The largest absolute Gasteiger partial charge is 0.351 e. The number of hydrogen-bond donors (Lipinski definition) is 0. The number of aromatic nitrogens is 4. The molecule has 2 aromatic heterocycles. The molecule has 2 rings (SSSR count). The van der Waals surface area contributed by atoms with Crippen molar-refractivity contribution >= 4 is 5.78 Å². The van der Waals surface area contributed by atoms with Crippen molar-refractivity contribution in [3.63, 3.8) is 0 Å². The van der Waals surface area contributed by atoms with Gasteiger partial charge in [-0.1, -0.05) is 33.8 Å². The quantitative estimate of drug-likeness (QED) is 0.676. The van der Waals surface area contributed by atoms with Gasteiger partial charge in [0.15, 0.2) is 0 Å².